The standard InChI is InChI=1S/C25H23BrClN3O4/c1-33-23-13-20(8-11-22(23)34-15-16-2-6-19(27)7-3-16)28-29-25(32)17-12-24(31)30(14-17)21-9-4-18(26)5-10-21/h2-11,13,17,28H,12,14-15H2,1H3,(H,29,32)/t17-/m0/s1. The van der Waals surface area contributed by atoms with E-state index >= 15 is 0 Å². The Morgan fingerprint density at radius 2 is 1.82 bits per heavy atom. The summed E-state index contributed by atoms with van der Waals surface area (Å²) < 4.78 is 12.2. The summed E-state index contributed by atoms with van der Waals surface area (Å²) in [4.78, 5) is 26.7. The Kier molecular flexibility index (Phi) is 7.59. The smallest absolute Gasteiger partial charge is 0.243 e. The highest BCUT2D eigenvalue weighted by Crippen LogP contribution is 2.31. The molecule has 1 atom stereocenters. The number of anilines is 2. The van der Waals surface area contributed by atoms with Crippen molar-refractivity contribution in [1.82, 2.24) is 5.43 Å². The van der Waals surface area contributed by atoms with E-state index in [1.165, 1.54) is 0 Å². The Balaban J connectivity index is 1.33. The van der Waals surface area contributed by atoms with Gasteiger partial charge in [-0.1, -0.05) is 39.7 Å². The van der Waals surface area contributed by atoms with Crippen molar-refractivity contribution in [3.8, 4) is 11.5 Å². The number of carbonyl (C=O) groups is 2. The Morgan fingerprint density at radius 1 is 1.09 bits per heavy atom. The quantitative estimate of drug-likeness (QED) is 0.382. The number of ether oxygens (including phenoxy) is 2. The average molecular weight is 545 g/mol. The molecule has 176 valence electrons. The third kappa shape index (κ3) is 5.81. The second-order valence-corrected chi connectivity index (χ2v) is 9.13. The van der Waals surface area contributed by atoms with Gasteiger partial charge in [0, 0.05) is 34.2 Å². The van der Waals surface area contributed by atoms with Crippen molar-refractivity contribution in [2.24, 2.45) is 5.92 Å². The normalized spacial score (nSPS) is 15.2. The molecule has 0 aromatic heterocycles. The number of carbonyl (C=O) groups excluding carboxylic acids is 2. The van der Waals surface area contributed by atoms with Gasteiger partial charge in [-0.2, -0.15) is 0 Å². The predicted octanol–water partition coefficient (Wildman–Crippen LogP) is 5.19. The number of methoxy groups -OCH3 is 1. The van der Waals surface area contributed by atoms with Gasteiger partial charge in [-0.3, -0.25) is 20.4 Å². The molecule has 3 aromatic carbocycles. The van der Waals surface area contributed by atoms with Gasteiger partial charge in [0.2, 0.25) is 11.8 Å². The molecular weight excluding hydrogens is 522 g/mol. The lowest BCUT2D eigenvalue weighted by Crippen LogP contribution is -2.36. The van der Waals surface area contributed by atoms with Gasteiger partial charge in [0.15, 0.2) is 11.5 Å². The molecule has 0 spiro atoms. The van der Waals surface area contributed by atoms with E-state index in [4.69, 9.17) is 21.1 Å². The van der Waals surface area contributed by atoms with Crippen molar-refractivity contribution < 1.29 is 19.1 Å². The van der Waals surface area contributed by atoms with Crippen LogP contribution in [0.25, 0.3) is 0 Å². The van der Waals surface area contributed by atoms with Gasteiger partial charge in [0.1, 0.15) is 6.61 Å². The maximum absolute atomic E-state index is 12.7. The fourth-order valence-corrected chi connectivity index (χ4v) is 3.99. The van der Waals surface area contributed by atoms with Crippen LogP contribution >= 0.6 is 27.5 Å². The maximum Gasteiger partial charge on any atom is 0.243 e. The molecule has 0 saturated carbocycles. The van der Waals surface area contributed by atoms with Crippen LogP contribution in [0.2, 0.25) is 5.02 Å². The summed E-state index contributed by atoms with van der Waals surface area (Å²) in [5, 5.41) is 0.668. The molecule has 34 heavy (non-hydrogen) atoms. The van der Waals surface area contributed by atoms with Gasteiger partial charge in [-0.05, 0) is 54.1 Å². The lowest BCUT2D eigenvalue weighted by molar-refractivity contribution is -0.125. The van der Waals surface area contributed by atoms with Crippen LogP contribution in [-0.4, -0.2) is 25.5 Å². The van der Waals surface area contributed by atoms with E-state index in [1.807, 2.05) is 48.5 Å². The zero-order chi connectivity index (χ0) is 24.1. The molecular formula is C25H23BrClN3O4. The highest BCUT2D eigenvalue weighted by Gasteiger charge is 2.35. The van der Waals surface area contributed by atoms with Gasteiger partial charge >= 0.3 is 0 Å². The largest absolute Gasteiger partial charge is 0.493 e. The van der Waals surface area contributed by atoms with Crippen LogP contribution < -0.4 is 25.2 Å². The van der Waals surface area contributed by atoms with Gasteiger partial charge in [-0.25, -0.2) is 0 Å². The number of nitrogens with one attached hydrogen (secondary N) is 2. The van der Waals surface area contributed by atoms with Crippen LogP contribution in [0.4, 0.5) is 11.4 Å². The molecule has 0 aliphatic carbocycles. The first-order chi connectivity index (χ1) is 16.4. The van der Waals surface area contributed by atoms with Gasteiger partial charge in [0.25, 0.3) is 0 Å². The summed E-state index contributed by atoms with van der Waals surface area (Å²) in [6.07, 6.45) is 0.157. The van der Waals surface area contributed by atoms with Gasteiger partial charge < -0.3 is 14.4 Å². The molecule has 7 nitrogen and oxygen atoms in total. The minimum Gasteiger partial charge on any atom is -0.493 e. The van der Waals surface area contributed by atoms with Crippen LogP contribution in [0.1, 0.15) is 12.0 Å². The fraction of sp³-hybridized carbons (Fsp3) is 0.200. The van der Waals surface area contributed by atoms with E-state index in [0.29, 0.717) is 35.4 Å². The third-order valence-corrected chi connectivity index (χ3v) is 6.22. The molecule has 0 bridgehead atoms. The van der Waals surface area contributed by atoms with Crippen LogP contribution in [-0.2, 0) is 16.2 Å². The van der Waals surface area contributed by atoms with Crippen LogP contribution in [0, 0.1) is 5.92 Å². The molecule has 1 fully saturated rings. The molecule has 1 aliphatic rings. The second kappa shape index (κ2) is 10.8. The summed E-state index contributed by atoms with van der Waals surface area (Å²) in [7, 11) is 1.55. The van der Waals surface area contributed by atoms with Crippen molar-refractivity contribution in [3.05, 3.63) is 81.8 Å². The molecule has 2 amide bonds. The van der Waals surface area contributed by atoms with E-state index in [-0.39, 0.29) is 18.2 Å². The Morgan fingerprint density at radius 3 is 2.53 bits per heavy atom. The van der Waals surface area contributed by atoms with E-state index in [0.717, 1.165) is 15.7 Å². The van der Waals surface area contributed by atoms with E-state index in [1.54, 1.807) is 30.2 Å². The molecule has 2 N–H and O–H groups in total. The molecule has 0 unspecified atom stereocenters. The molecule has 0 radical (unpaired) electrons. The number of benzene rings is 3. The Bertz CT molecular complexity index is 1170. The average Bonchev–Trinajstić information content (AvgIpc) is 3.24. The second-order valence-electron chi connectivity index (χ2n) is 7.78. The van der Waals surface area contributed by atoms with Crippen molar-refractivity contribution in [1.29, 1.82) is 0 Å². The fourth-order valence-electron chi connectivity index (χ4n) is 3.60. The predicted molar refractivity (Wildman–Crippen MR) is 135 cm³/mol. The monoisotopic (exact) mass is 543 g/mol. The van der Waals surface area contributed by atoms with Crippen molar-refractivity contribution >= 4 is 50.7 Å². The number of halogens is 2. The SMILES string of the molecule is COc1cc(NNC(=O)[C@H]2CC(=O)N(c3ccc(Br)cc3)C2)ccc1OCc1ccc(Cl)cc1. The van der Waals surface area contributed by atoms with E-state index < -0.39 is 5.92 Å². The van der Waals surface area contributed by atoms with Crippen LogP contribution in [0.3, 0.4) is 0 Å². The topological polar surface area (TPSA) is 79.9 Å². The summed E-state index contributed by atoms with van der Waals surface area (Å²) in [6, 6.07) is 20.1. The zero-order valence-corrected chi connectivity index (χ0v) is 20.7. The van der Waals surface area contributed by atoms with Crippen molar-refractivity contribution in [2.45, 2.75) is 13.0 Å². The van der Waals surface area contributed by atoms with Crippen molar-refractivity contribution in [2.75, 3.05) is 24.0 Å². The minimum absolute atomic E-state index is 0.0775. The summed E-state index contributed by atoms with van der Waals surface area (Å²) in [6.45, 7) is 0.691. The Labute approximate surface area is 211 Å². The first-order valence-corrected chi connectivity index (χ1v) is 11.8. The molecule has 4 rings (SSSR count). The highest BCUT2D eigenvalue weighted by atomic mass is 79.9. The van der Waals surface area contributed by atoms with Gasteiger partial charge in [0.05, 0.1) is 18.7 Å². The molecule has 1 saturated heterocycles. The molecule has 9 heteroatoms. The molecule has 1 aliphatic heterocycles. The lowest BCUT2D eigenvalue weighted by Gasteiger charge is -2.17. The van der Waals surface area contributed by atoms with Gasteiger partial charge in [-0.15, -0.1) is 0 Å². The third-order valence-electron chi connectivity index (χ3n) is 5.44. The number of hydrazine groups is 1. The summed E-state index contributed by atoms with van der Waals surface area (Å²) in [5.74, 6) is 0.306. The lowest BCUT2D eigenvalue weighted by atomic mass is 10.1. The summed E-state index contributed by atoms with van der Waals surface area (Å²) >= 11 is 9.30. The van der Waals surface area contributed by atoms with Crippen LogP contribution in [0.5, 0.6) is 11.5 Å². The Hall–Kier alpha value is -3.23. The zero-order valence-electron chi connectivity index (χ0n) is 18.4. The van der Waals surface area contributed by atoms with E-state index in [9.17, 15) is 9.59 Å². The summed E-state index contributed by atoms with van der Waals surface area (Å²) in [5.41, 5.74) is 7.96. The van der Waals surface area contributed by atoms with Crippen LogP contribution in [0.15, 0.2) is 71.2 Å². The number of rotatable bonds is 8. The number of nitrogens with zero attached hydrogens (tertiary/aromatic N) is 1. The number of amides is 2. The first-order valence-electron chi connectivity index (χ1n) is 10.6. The molecule has 1 heterocycles. The number of hydrogen-bond acceptors (Lipinski definition) is 5. The minimum atomic E-state index is -0.451. The molecule has 3 aromatic rings. The maximum atomic E-state index is 12.7. The number of hydrogen-bond donors (Lipinski definition) is 2. The van der Waals surface area contributed by atoms with E-state index in [2.05, 4.69) is 26.8 Å². The van der Waals surface area contributed by atoms with Crippen molar-refractivity contribution in [3.63, 3.8) is 0 Å². The first kappa shape index (κ1) is 23.9. The highest BCUT2D eigenvalue weighted by molar-refractivity contribution is 9.10.